The third kappa shape index (κ3) is 4.32. The van der Waals surface area contributed by atoms with Crippen LogP contribution >= 0.6 is 0 Å². The van der Waals surface area contributed by atoms with Gasteiger partial charge in [0.1, 0.15) is 0 Å². The predicted molar refractivity (Wildman–Crippen MR) is 129 cm³/mol. The van der Waals surface area contributed by atoms with Crippen LogP contribution in [0.1, 0.15) is 36.8 Å². The normalized spacial score (nSPS) is 15.4. The Kier molecular flexibility index (Phi) is 5.78. The van der Waals surface area contributed by atoms with Gasteiger partial charge in [-0.25, -0.2) is 0 Å². The number of hydrogen-bond acceptors (Lipinski definition) is 1. The molecule has 4 nitrogen and oxygen atoms in total. The highest BCUT2D eigenvalue weighted by Crippen LogP contribution is 2.38. The first-order valence-electron chi connectivity index (χ1n) is 11.6. The molecule has 32 heavy (non-hydrogen) atoms. The molecule has 1 saturated carbocycles. The number of hydrogen-bond donors (Lipinski definition) is 3. The van der Waals surface area contributed by atoms with Crippen LogP contribution in [0.4, 0.5) is 0 Å². The molecule has 0 radical (unpaired) electrons. The average molecular weight is 425 g/mol. The van der Waals surface area contributed by atoms with Crippen molar-refractivity contribution >= 4 is 16.8 Å². The Morgan fingerprint density at radius 1 is 0.969 bits per heavy atom. The number of para-hydroxylation sites is 1. The van der Waals surface area contributed by atoms with Crippen molar-refractivity contribution in [1.29, 1.82) is 0 Å². The Labute approximate surface area is 189 Å². The minimum atomic E-state index is -0.118. The van der Waals surface area contributed by atoms with Crippen LogP contribution in [-0.4, -0.2) is 29.5 Å². The average Bonchev–Trinajstić information content (AvgIpc) is 3.58. The lowest BCUT2D eigenvalue weighted by Crippen LogP contribution is -2.92. The lowest BCUT2D eigenvalue weighted by atomic mass is 9.87. The molecular weight excluding hydrogens is 394 g/mol. The fourth-order valence-corrected chi connectivity index (χ4v) is 4.47. The minimum Gasteiger partial charge on any atom is -0.354 e. The van der Waals surface area contributed by atoms with E-state index in [-0.39, 0.29) is 17.9 Å². The van der Waals surface area contributed by atoms with Gasteiger partial charge in [0.25, 0.3) is 5.91 Å². The molecule has 0 unspecified atom stereocenters. The largest absolute Gasteiger partial charge is 0.354 e. The van der Waals surface area contributed by atoms with Gasteiger partial charge in [0.15, 0.2) is 6.04 Å². The number of carbonyl (C=O) groups is 1. The van der Waals surface area contributed by atoms with E-state index in [0.29, 0.717) is 6.04 Å². The molecule has 4 aromatic rings. The minimum absolute atomic E-state index is 0.118. The van der Waals surface area contributed by atoms with Gasteiger partial charge in [-0.3, -0.25) is 4.79 Å². The zero-order valence-electron chi connectivity index (χ0n) is 18.4. The molecule has 4 heteroatoms. The summed E-state index contributed by atoms with van der Waals surface area (Å²) >= 11 is 0. The van der Waals surface area contributed by atoms with Crippen LogP contribution in [0.3, 0.4) is 0 Å². The van der Waals surface area contributed by atoms with Gasteiger partial charge in [-0.2, -0.15) is 0 Å². The molecular formula is C28H30N3O+. The molecule has 1 fully saturated rings. The van der Waals surface area contributed by atoms with E-state index in [1.807, 2.05) is 6.92 Å². The third-order valence-corrected chi connectivity index (χ3v) is 6.42. The highest BCUT2D eigenvalue weighted by atomic mass is 16.2. The molecule has 1 aliphatic rings. The molecule has 0 bridgehead atoms. The van der Waals surface area contributed by atoms with Crippen molar-refractivity contribution in [3.05, 3.63) is 96.1 Å². The summed E-state index contributed by atoms with van der Waals surface area (Å²) in [7, 11) is 0. The fraction of sp³-hybridized carbons (Fsp3) is 0.250. The summed E-state index contributed by atoms with van der Waals surface area (Å²) in [4.78, 5) is 16.3. The van der Waals surface area contributed by atoms with Crippen molar-refractivity contribution < 1.29 is 10.1 Å². The third-order valence-electron chi connectivity index (χ3n) is 6.42. The number of H-pyrrole nitrogens is 1. The van der Waals surface area contributed by atoms with Crippen LogP contribution in [0.15, 0.2) is 84.9 Å². The Hall–Kier alpha value is -3.37. The maximum Gasteiger partial charge on any atom is 0.278 e. The molecule has 1 heterocycles. The van der Waals surface area contributed by atoms with Crippen molar-refractivity contribution in [1.82, 2.24) is 10.3 Å². The van der Waals surface area contributed by atoms with Gasteiger partial charge >= 0.3 is 0 Å². The van der Waals surface area contributed by atoms with Crippen LogP contribution in [0.5, 0.6) is 0 Å². The zero-order valence-corrected chi connectivity index (χ0v) is 18.4. The lowest BCUT2D eigenvalue weighted by molar-refractivity contribution is -0.674. The summed E-state index contributed by atoms with van der Waals surface area (Å²) in [5.41, 5.74) is 6.04. The van der Waals surface area contributed by atoms with E-state index in [4.69, 9.17) is 0 Å². The molecule has 1 aromatic heterocycles. The van der Waals surface area contributed by atoms with Gasteiger partial charge in [0.2, 0.25) is 0 Å². The molecule has 162 valence electrons. The second kappa shape index (κ2) is 9.01. The van der Waals surface area contributed by atoms with E-state index < -0.39 is 0 Å². The van der Waals surface area contributed by atoms with Crippen LogP contribution in [0.25, 0.3) is 22.2 Å². The molecule has 0 spiro atoms. The number of nitrogens with two attached hydrogens (primary N) is 1. The van der Waals surface area contributed by atoms with Crippen molar-refractivity contribution in [2.45, 2.75) is 37.8 Å². The maximum atomic E-state index is 12.6. The number of carbonyl (C=O) groups excluding carboxylic acids is 1. The van der Waals surface area contributed by atoms with E-state index in [2.05, 4.69) is 101 Å². The van der Waals surface area contributed by atoms with Gasteiger partial charge in [-0.15, -0.1) is 0 Å². The quantitative estimate of drug-likeness (QED) is 0.390. The van der Waals surface area contributed by atoms with Crippen molar-refractivity contribution in [3.8, 4) is 11.3 Å². The Morgan fingerprint density at radius 2 is 1.62 bits per heavy atom. The fourth-order valence-electron chi connectivity index (χ4n) is 4.47. The highest BCUT2D eigenvalue weighted by Gasteiger charge is 2.29. The number of fused-ring (bicyclic) bond motifs is 1. The second-order valence-corrected chi connectivity index (χ2v) is 8.83. The van der Waals surface area contributed by atoms with Crippen molar-refractivity contribution in [3.63, 3.8) is 0 Å². The molecule has 5 rings (SSSR count). The number of nitrogens with one attached hydrogen (secondary N) is 2. The number of aromatic nitrogens is 1. The smallest absolute Gasteiger partial charge is 0.278 e. The zero-order chi connectivity index (χ0) is 21.9. The van der Waals surface area contributed by atoms with E-state index >= 15 is 0 Å². The summed E-state index contributed by atoms with van der Waals surface area (Å²) in [5.74, 6) is 0.292. The number of aromatic amines is 1. The first-order valence-corrected chi connectivity index (χ1v) is 11.6. The molecule has 2 atom stereocenters. The molecule has 1 aliphatic carbocycles. The standard InChI is InChI=1S/C28H29N3O/c1-19(28(32)30-22-16-17-22)29-18-24(20-10-4-2-5-11-20)26-23-14-8-9-15-25(23)31-27(26)21-12-6-3-7-13-21/h2-15,19,22,24,29,31H,16-18H2,1H3,(H,30,32)/p+1/t19-,24+/m1/s1. The number of rotatable bonds is 8. The molecule has 1 amide bonds. The van der Waals surface area contributed by atoms with Gasteiger partial charge < -0.3 is 15.6 Å². The van der Waals surface area contributed by atoms with Crippen LogP contribution in [0.2, 0.25) is 0 Å². The van der Waals surface area contributed by atoms with E-state index in [9.17, 15) is 4.79 Å². The number of benzene rings is 3. The molecule has 0 saturated heterocycles. The Balaban J connectivity index is 1.55. The van der Waals surface area contributed by atoms with Gasteiger partial charge in [-0.05, 0) is 42.5 Å². The highest BCUT2D eigenvalue weighted by molar-refractivity contribution is 5.92. The SMILES string of the molecule is C[C@@H]([NH2+]C[C@@H](c1ccccc1)c1c(-c2ccccc2)[nH]c2ccccc12)C(=O)NC1CC1. The monoisotopic (exact) mass is 424 g/mol. The van der Waals surface area contributed by atoms with E-state index in [1.54, 1.807) is 0 Å². The summed E-state index contributed by atoms with van der Waals surface area (Å²) in [6.07, 6.45) is 2.22. The molecule has 0 aliphatic heterocycles. The first-order chi connectivity index (χ1) is 15.7. The van der Waals surface area contributed by atoms with Gasteiger partial charge in [0.05, 0.1) is 18.2 Å². The van der Waals surface area contributed by atoms with Crippen LogP contribution in [0, 0.1) is 0 Å². The summed E-state index contributed by atoms with van der Waals surface area (Å²) in [5, 5.41) is 6.57. The van der Waals surface area contributed by atoms with Crippen LogP contribution < -0.4 is 10.6 Å². The topological polar surface area (TPSA) is 61.5 Å². The van der Waals surface area contributed by atoms with E-state index in [0.717, 1.165) is 30.6 Å². The van der Waals surface area contributed by atoms with Gasteiger partial charge in [-0.1, -0.05) is 78.9 Å². The number of quaternary nitrogens is 1. The van der Waals surface area contributed by atoms with Crippen LogP contribution in [-0.2, 0) is 4.79 Å². The van der Waals surface area contributed by atoms with Crippen molar-refractivity contribution in [2.24, 2.45) is 0 Å². The summed E-state index contributed by atoms with van der Waals surface area (Å²) < 4.78 is 0. The first kappa shape index (κ1) is 20.5. The summed E-state index contributed by atoms with van der Waals surface area (Å²) in [6.45, 7) is 2.80. The lowest BCUT2D eigenvalue weighted by Gasteiger charge is -2.20. The Bertz CT molecular complexity index is 1200. The predicted octanol–water partition coefficient (Wildman–Crippen LogP) is 4.20. The number of amides is 1. The van der Waals surface area contributed by atoms with Gasteiger partial charge in [0, 0.05) is 16.9 Å². The van der Waals surface area contributed by atoms with E-state index in [1.165, 1.54) is 22.1 Å². The maximum absolute atomic E-state index is 12.6. The summed E-state index contributed by atoms with van der Waals surface area (Å²) in [6, 6.07) is 30.0. The second-order valence-electron chi connectivity index (χ2n) is 8.83. The molecule has 4 N–H and O–H groups in total. The van der Waals surface area contributed by atoms with Crippen molar-refractivity contribution in [2.75, 3.05) is 6.54 Å². The molecule has 3 aromatic carbocycles. The Morgan fingerprint density at radius 3 is 2.34 bits per heavy atom.